The maximum absolute atomic E-state index is 2.72. The van der Waals surface area contributed by atoms with Crippen LogP contribution < -0.4 is 9.80 Å². The van der Waals surface area contributed by atoms with Crippen molar-refractivity contribution >= 4 is 22.5 Å². The minimum absolute atomic E-state index is 0.221. The first kappa shape index (κ1) is 34.1. The van der Waals surface area contributed by atoms with Gasteiger partial charge in [0.25, 0.3) is 0 Å². The molecule has 4 aliphatic carbocycles. The fourth-order valence-corrected chi connectivity index (χ4v) is 9.41. The average molecular weight is 723 g/mol. The highest BCUT2D eigenvalue weighted by Gasteiger charge is 2.44. The topological polar surface area (TPSA) is 6.48 Å². The Labute approximate surface area is 331 Å². The largest absolute Gasteiger partial charge is 0.357 e. The lowest BCUT2D eigenvalue weighted by Crippen LogP contribution is -2.39. The van der Waals surface area contributed by atoms with Gasteiger partial charge in [-0.1, -0.05) is 158 Å². The Balaban J connectivity index is 0.989. The van der Waals surface area contributed by atoms with Gasteiger partial charge in [0.1, 0.15) is 0 Å². The van der Waals surface area contributed by atoms with Crippen molar-refractivity contribution in [2.45, 2.75) is 44.2 Å². The molecule has 3 atom stereocenters. The summed E-state index contributed by atoms with van der Waals surface area (Å²) < 4.78 is 0. The first-order valence-corrected chi connectivity index (χ1v) is 20.3. The van der Waals surface area contributed by atoms with E-state index >= 15 is 0 Å². The van der Waals surface area contributed by atoms with Gasteiger partial charge >= 0.3 is 0 Å². The van der Waals surface area contributed by atoms with Crippen LogP contribution in [0.25, 0.3) is 22.3 Å². The summed E-state index contributed by atoms with van der Waals surface area (Å²) >= 11 is 0. The molecule has 2 heteroatoms. The Bertz CT molecular complexity index is 2480. The molecule has 5 aliphatic rings. The number of rotatable bonds is 8. The third-order valence-corrected chi connectivity index (χ3v) is 12.2. The van der Waals surface area contributed by atoms with Crippen molar-refractivity contribution in [1.29, 1.82) is 0 Å². The van der Waals surface area contributed by atoms with Gasteiger partial charge in [0.05, 0.1) is 12.1 Å². The Morgan fingerprint density at radius 2 is 1.20 bits per heavy atom. The Hall–Kier alpha value is -6.38. The average Bonchev–Trinajstić information content (AvgIpc) is 3.61. The lowest BCUT2D eigenvalue weighted by molar-refractivity contribution is 0.644. The van der Waals surface area contributed by atoms with E-state index in [1.807, 2.05) is 0 Å². The van der Waals surface area contributed by atoms with Crippen LogP contribution in [0.15, 0.2) is 228 Å². The number of allylic oxidation sites excluding steroid dienone is 11. The smallest absolute Gasteiger partial charge is 0.0607 e. The van der Waals surface area contributed by atoms with Crippen LogP contribution in [0.3, 0.4) is 0 Å². The van der Waals surface area contributed by atoms with E-state index in [4.69, 9.17) is 0 Å². The van der Waals surface area contributed by atoms with Crippen LogP contribution in [0.2, 0.25) is 0 Å². The molecule has 5 aromatic carbocycles. The number of benzene rings is 5. The Morgan fingerprint density at radius 3 is 1.89 bits per heavy atom. The van der Waals surface area contributed by atoms with E-state index in [9.17, 15) is 0 Å². The maximum Gasteiger partial charge on any atom is 0.0607 e. The SMILES string of the molecule is C1=CC(C2=CCCC(c3ccccc3)=C2)CC=C1N(C1=CC=C2C3=CC(c4ccccc4)=CCC3N(c3ccc(-c4ccccc4)cc3)C2C1)c1ccccc1. The van der Waals surface area contributed by atoms with E-state index in [0.717, 1.165) is 32.1 Å². The van der Waals surface area contributed by atoms with E-state index in [0.29, 0.717) is 5.92 Å². The first-order chi connectivity index (χ1) is 27.8. The van der Waals surface area contributed by atoms with Gasteiger partial charge in [-0.05, 0) is 118 Å². The number of anilines is 2. The summed E-state index contributed by atoms with van der Waals surface area (Å²) in [4.78, 5) is 5.23. The minimum Gasteiger partial charge on any atom is -0.357 e. The van der Waals surface area contributed by atoms with Gasteiger partial charge in [0.15, 0.2) is 0 Å². The van der Waals surface area contributed by atoms with Gasteiger partial charge in [-0.25, -0.2) is 0 Å². The molecule has 272 valence electrons. The van der Waals surface area contributed by atoms with Gasteiger partial charge in [0, 0.05) is 35.1 Å². The van der Waals surface area contributed by atoms with Crippen molar-refractivity contribution < 1.29 is 0 Å². The molecular weight excluding hydrogens is 677 g/mol. The quantitative estimate of drug-likeness (QED) is 0.157. The van der Waals surface area contributed by atoms with Crippen LogP contribution in [0.5, 0.6) is 0 Å². The molecule has 10 rings (SSSR count). The van der Waals surface area contributed by atoms with Gasteiger partial charge in [-0.2, -0.15) is 0 Å². The van der Waals surface area contributed by atoms with Crippen LogP contribution in [0, 0.1) is 5.92 Å². The van der Waals surface area contributed by atoms with E-state index in [1.54, 1.807) is 0 Å². The molecule has 5 aromatic rings. The molecule has 1 fully saturated rings. The van der Waals surface area contributed by atoms with Crippen LogP contribution in [-0.2, 0) is 0 Å². The molecule has 1 aliphatic heterocycles. The molecular formula is C54H46N2. The maximum atomic E-state index is 2.72. The van der Waals surface area contributed by atoms with Gasteiger partial charge in [-0.15, -0.1) is 0 Å². The Kier molecular flexibility index (Phi) is 9.17. The molecule has 1 saturated heterocycles. The molecule has 0 aromatic heterocycles. The second kappa shape index (κ2) is 15.0. The highest BCUT2D eigenvalue weighted by molar-refractivity contribution is 5.81. The Morgan fingerprint density at radius 1 is 0.536 bits per heavy atom. The summed E-state index contributed by atoms with van der Waals surface area (Å²) in [7, 11) is 0. The van der Waals surface area contributed by atoms with Gasteiger partial charge in [-0.3, -0.25) is 0 Å². The molecule has 2 nitrogen and oxygen atoms in total. The number of nitrogens with zero attached hydrogens (tertiary/aromatic N) is 2. The van der Waals surface area contributed by atoms with Crippen molar-refractivity contribution in [3.05, 3.63) is 240 Å². The molecule has 1 heterocycles. The van der Waals surface area contributed by atoms with Crippen molar-refractivity contribution in [2.75, 3.05) is 9.80 Å². The van der Waals surface area contributed by atoms with E-state index in [2.05, 4.69) is 210 Å². The highest BCUT2D eigenvalue weighted by Crippen LogP contribution is 2.48. The summed E-state index contributed by atoms with van der Waals surface area (Å²) in [5.41, 5.74) is 17.3. The number of fused-ring (bicyclic) bond motifs is 3. The zero-order valence-corrected chi connectivity index (χ0v) is 31.7. The molecule has 0 radical (unpaired) electrons. The minimum atomic E-state index is 0.221. The standard InChI is InChI=1S/C54H46N2/c1-5-14-39(15-6-1)42-24-31-49(32-25-42)56-53-35-28-46(41-18-9-3-10-19-41)37-52(53)51-34-33-50(38-54(51)56)55(47-22-11-4-12-23-47)48-29-26-43(27-30-48)45-21-13-20-44(36-45)40-16-7-2-8-17-40/h1-12,14-19,21-26,28-34,36-37,43,53-54H,13,20,27,35,38H2. The summed E-state index contributed by atoms with van der Waals surface area (Å²) in [5, 5.41) is 0. The number of hydrogen-bond acceptors (Lipinski definition) is 2. The van der Waals surface area contributed by atoms with Gasteiger partial charge < -0.3 is 9.80 Å². The molecule has 0 spiro atoms. The van der Waals surface area contributed by atoms with Crippen LogP contribution >= 0.6 is 0 Å². The highest BCUT2D eigenvalue weighted by atomic mass is 15.2. The lowest BCUT2D eigenvalue weighted by atomic mass is 9.84. The molecule has 0 amide bonds. The summed E-state index contributed by atoms with van der Waals surface area (Å²) in [5.74, 6) is 0.382. The molecule has 3 unspecified atom stereocenters. The molecule has 56 heavy (non-hydrogen) atoms. The van der Waals surface area contributed by atoms with Crippen molar-refractivity contribution in [3.63, 3.8) is 0 Å². The third-order valence-electron chi connectivity index (χ3n) is 12.2. The lowest BCUT2D eigenvalue weighted by Gasteiger charge is -2.37. The zero-order valence-electron chi connectivity index (χ0n) is 31.7. The monoisotopic (exact) mass is 722 g/mol. The normalized spacial score (nSPS) is 21.3. The van der Waals surface area contributed by atoms with E-state index in [-0.39, 0.29) is 12.1 Å². The molecule has 0 N–H and O–H groups in total. The second-order valence-corrected chi connectivity index (χ2v) is 15.5. The van der Waals surface area contributed by atoms with Crippen molar-refractivity contribution in [1.82, 2.24) is 0 Å². The predicted octanol–water partition coefficient (Wildman–Crippen LogP) is 13.3. The zero-order chi connectivity index (χ0) is 37.3. The fourth-order valence-electron chi connectivity index (χ4n) is 9.41. The van der Waals surface area contributed by atoms with Crippen LogP contribution in [0.4, 0.5) is 11.4 Å². The molecule has 0 bridgehead atoms. The van der Waals surface area contributed by atoms with E-state index < -0.39 is 0 Å². The van der Waals surface area contributed by atoms with Crippen molar-refractivity contribution in [2.24, 2.45) is 5.92 Å². The van der Waals surface area contributed by atoms with Crippen LogP contribution in [0.1, 0.15) is 43.2 Å². The summed E-state index contributed by atoms with van der Waals surface area (Å²) in [6, 6.07) is 53.2. The summed E-state index contributed by atoms with van der Waals surface area (Å²) in [6.07, 6.45) is 27.0. The first-order valence-electron chi connectivity index (χ1n) is 20.3. The second-order valence-electron chi connectivity index (χ2n) is 15.5. The van der Waals surface area contributed by atoms with Gasteiger partial charge in [0.2, 0.25) is 0 Å². The van der Waals surface area contributed by atoms with Crippen molar-refractivity contribution in [3.8, 4) is 11.1 Å². The number of hydrogen-bond donors (Lipinski definition) is 0. The number of para-hydroxylation sites is 1. The summed E-state index contributed by atoms with van der Waals surface area (Å²) in [6.45, 7) is 0. The van der Waals surface area contributed by atoms with E-state index in [1.165, 1.54) is 72.9 Å². The van der Waals surface area contributed by atoms with Crippen LogP contribution in [-0.4, -0.2) is 12.1 Å². The fraction of sp³-hybridized carbons (Fsp3) is 0.148. The molecule has 0 saturated carbocycles. The predicted molar refractivity (Wildman–Crippen MR) is 236 cm³/mol. The third kappa shape index (κ3) is 6.56.